The Morgan fingerprint density at radius 1 is 1.37 bits per heavy atom. The fraction of sp³-hybridized carbons (Fsp3) is 0.692. The van der Waals surface area contributed by atoms with Gasteiger partial charge in [0.2, 0.25) is 0 Å². The summed E-state index contributed by atoms with van der Waals surface area (Å²) < 4.78 is 7.61. The van der Waals surface area contributed by atoms with Crippen molar-refractivity contribution >= 4 is 18.4 Å². The fourth-order valence-electron chi connectivity index (χ4n) is 2.98. The van der Waals surface area contributed by atoms with E-state index >= 15 is 0 Å². The maximum Gasteiger partial charge on any atom is 0.306 e. The molecule has 1 fully saturated rings. The average Bonchev–Trinajstić information content (AvgIpc) is 2.82. The second kappa shape index (κ2) is 5.92. The summed E-state index contributed by atoms with van der Waals surface area (Å²) >= 11 is 0. The minimum atomic E-state index is -0.685. The number of aromatic nitrogens is 2. The number of carboxylic acid groups (broad SMARTS) is 1. The lowest BCUT2D eigenvalue weighted by molar-refractivity contribution is -0.142. The molecule has 1 aromatic heterocycles. The van der Waals surface area contributed by atoms with Crippen LogP contribution in [0.5, 0.6) is 0 Å². The van der Waals surface area contributed by atoms with Gasteiger partial charge in [0.05, 0.1) is 5.92 Å². The minimum absolute atomic E-state index is 0. The van der Waals surface area contributed by atoms with Crippen molar-refractivity contribution in [1.82, 2.24) is 9.55 Å². The lowest BCUT2D eigenvalue weighted by atomic mass is 9.95. The smallest absolute Gasteiger partial charge is 0.306 e. The maximum atomic E-state index is 11.0. The first kappa shape index (κ1) is 14.3. The van der Waals surface area contributed by atoms with E-state index in [1.54, 1.807) is 0 Å². The summed E-state index contributed by atoms with van der Waals surface area (Å²) in [4.78, 5) is 15.6. The highest BCUT2D eigenvalue weighted by atomic mass is 35.5. The molecule has 1 atom stereocenters. The molecule has 5 nitrogen and oxygen atoms in total. The van der Waals surface area contributed by atoms with Crippen LogP contribution in [0.2, 0.25) is 0 Å². The summed E-state index contributed by atoms with van der Waals surface area (Å²) in [7, 11) is 0. The standard InChI is InChI=1S/C13H18N2O3.ClH/c16-13(17)10-1-4-15-11(7-10)8-14-12(15)9-2-5-18-6-3-9;/h8-10H,1-7H2,(H,16,17);1H. The molecule has 3 rings (SSSR count). The van der Waals surface area contributed by atoms with E-state index in [2.05, 4.69) is 9.55 Å². The van der Waals surface area contributed by atoms with Gasteiger partial charge in [0.25, 0.3) is 0 Å². The van der Waals surface area contributed by atoms with Gasteiger partial charge in [-0.15, -0.1) is 12.4 Å². The van der Waals surface area contributed by atoms with Gasteiger partial charge in [-0.2, -0.15) is 0 Å². The summed E-state index contributed by atoms with van der Waals surface area (Å²) in [5.74, 6) is 0.692. The Balaban J connectivity index is 0.00000133. The van der Waals surface area contributed by atoms with E-state index in [1.165, 1.54) is 0 Å². The van der Waals surface area contributed by atoms with E-state index in [0.29, 0.717) is 12.3 Å². The molecule has 1 N–H and O–H groups in total. The van der Waals surface area contributed by atoms with Crippen molar-refractivity contribution in [2.24, 2.45) is 5.92 Å². The number of nitrogens with zero attached hydrogens (tertiary/aromatic N) is 2. The molecular formula is C13H19ClN2O3. The van der Waals surface area contributed by atoms with E-state index in [4.69, 9.17) is 9.84 Å². The van der Waals surface area contributed by atoms with Gasteiger partial charge < -0.3 is 14.4 Å². The summed E-state index contributed by atoms with van der Waals surface area (Å²) in [6.45, 7) is 2.41. The SMILES string of the molecule is Cl.O=C(O)C1CCn2c(cnc2C2CCOCC2)C1. The zero-order chi connectivity index (χ0) is 12.5. The van der Waals surface area contributed by atoms with Gasteiger partial charge in [0.1, 0.15) is 5.82 Å². The van der Waals surface area contributed by atoms with Crippen LogP contribution in [0.3, 0.4) is 0 Å². The number of ether oxygens (including phenoxy) is 1. The van der Waals surface area contributed by atoms with E-state index in [9.17, 15) is 4.79 Å². The van der Waals surface area contributed by atoms with Crippen LogP contribution in [0.4, 0.5) is 0 Å². The second-order valence-corrected chi connectivity index (χ2v) is 5.17. The first-order valence-corrected chi connectivity index (χ1v) is 6.60. The molecule has 2 aliphatic heterocycles. The minimum Gasteiger partial charge on any atom is -0.481 e. The van der Waals surface area contributed by atoms with Crippen LogP contribution in [0.15, 0.2) is 6.20 Å². The normalized spacial score (nSPS) is 23.5. The third kappa shape index (κ3) is 2.77. The second-order valence-electron chi connectivity index (χ2n) is 5.17. The quantitative estimate of drug-likeness (QED) is 0.901. The van der Waals surface area contributed by atoms with Crippen LogP contribution in [0.25, 0.3) is 0 Å². The third-order valence-corrected chi connectivity index (χ3v) is 4.06. The highest BCUT2D eigenvalue weighted by molar-refractivity contribution is 5.85. The van der Waals surface area contributed by atoms with Crippen molar-refractivity contribution in [3.8, 4) is 0 Å². The summed E-state index contributed by atoms with van der Waals surface area (Å²) in [6, 6.07) is 0. The molecule has 2 aliphatic rings. The summed E-state index contributed by atoms with van der Waals surface area (Å²) in [5.41, 5.74) is 1.08. The number of hydrogen-bond acceptors (Lipinski definition) is 3. The predicted molar refractivity (Wildman–Crippen MR) is 71.7 cm³/mol. The Morgan fingerprint density at radius 3 is 2.79 bits per heavy atom. The number of fused-ring (bicyclic) bond motifs is 1. The molecule has 106 valence electrons. The predicted octanol–water partition coefficient (Wildman–Crippen LogP) is 1.85. The Kier molecular flexibility index (Phi) is 4.47. The maximum absolute atomic E-state index is 11.0. The number of imidazole rings is 1. The fourth-order valence-corrected chi connectivity index (χ4v) is 2.98. The van der Waals surface area contributed by atoms with Crippen LogP contribution in [-0.4, -0.2) is 33.8 Å². The topological polar surface area (TPSA) is 64.3 Å². The molecule has 0 aromatic carbocycles. The molecule has 0 radical (unpaired) electrons. The molecule has 1 unspecified atom stereocenters. The summed E-state index contributed by atoms with van der Waals surface area (Å²) in [5, 5.41) is 9.07. The summed E-state index contributed by atoms with van der Waals surface area (Å²) in [6.07, 6.45) is 5.25. The number of carboxylic acids is 1. The highest BCUT2D eigenvalue weighted by Gasteiger charge is 2.29. The molecule has 1 saturated heterocycles. The Hall–Kier alpha value is -1.07. The van der Waals surface area contributed by atoms with Crippen molar-refractivity contribution in [2.75, 3.05) is 13.2 Å². The lowest BCUT2D eigenvalue weighted by Gasteiger charge is -2.26. The van der Waals surface area contributed by atoms with Gasteiger partial charge in [-0.05, 0) is 19.3 Å². The number of halogens is 1. The largest absolute Gasteiger partial charge is 0.481 e. The lowest BCUT2D eigenvalue weighted by Crippen LogP contribution is -2.27. The number of rotatable bonds is 2. The molecule has 19 heavy (non-hydrogen) atoms. The van der Waals surface area contributed by atoms with Crippen LogP contribution in [0, 0.1) is 5.92 Å². The average molecular weight is 287 g/mol. The highest BCUT2D eigenvalue weighted by Crippen LogP contribution is 2.30. The van der Waals surface area contributed by atoms with E-state index in [1.807, 2.05) is 6.20 Å². The van der Waals surface area contributed by atoms with Crippen molar-refractivity contribution in [3.05, 3.63) is 17.7 Å². The molecule has 0 spiro atoms. The zero-order valence-electron chi connectivity index (χ0n) is 10.7. The molecule has 0 saturated carbocycles. The van der Waals surface area contributed by atoms with E-state index in [0.717, 1.165) is 50.5 Å². The Labute approximate surface area is 118 Å². The van der Waals surface area contributed by atoms with Gasteiger partial charge >= 0.3 is 5.97 Å². The zero-order valence-corrected chi connectivity index (χ0v) is 11.6. The van der Waals surface area contributed by atoms with Crippen LogP contribution in [-0.2, 0) is 22.5 Å². The molecule has 0 amide bonds. The molecular weight excluding hydrogens is 268 g/mol. The monoisotopic (exact) mass is 286 g/mol. The van der Waals surface area contributed by atoms with Crippen LogP contribution in [0.1, 0.15) is 36.7 Å². The molecule has 6 heteroatoms. The van der Waals surface area contributed by atoms with E-state index < -0.39 is 5.97 Å². The number of aliphatic carboxylic acids is 1. The Morgan fingerprint density at radius 2 is 2.11 bits per heavy atom. The van der Waals surface area contributed by atoms with Gasteiger partial charge in [0.15, 0.2) is 0 Å². The van der Waals surface area contributed by atoms with Gasteiger partial charge in [-0.25, -0.2) is 4.98 Å². The number of carbonyl (C=O) groups is 1. The molecule has 0 bridgehead atoms. The Bertz CT molecular complexity index is 455. The molecule has 0 aliphatic carbocycles. The van der Waals surface area contributed by atoms with Crippen LogP contribution < -0.4 is 0 Å². The first-order valence-electron chi connectivity index (χ1n) is 6.60. The first-order chi connectivity index (χ1) is 8.75. The van der Waals surface area contributed by atoms with Gasteiger partial charge in [0, 0.05) is 44.0 Å². The molecule has 3 heterocycles. The van der Waals surface area contributed by atoms with Crippen molar-refractivity contribution < 1.29 is 14.6 Å². The van der Waals surface area contributed by atoms with E-state index in [-0.39, 0.29) is 18.3 Å². The van der Waals surface area contributed by atoms with Crippen LogP contribution >= 0.6 is 12.4 Å². The van der Waals surface area contributed by atoms with Crippen molar-refractivity contribution in [1.29, 1.82) is 0 Å². The van der Waals surface area contributed by atoms with Gasteiger partial charge in [-0.1, -0.05) is 0 Å². The van der Waals surface area contributed by atoms with Crippen molar-refractivity contribution in [3.63, 3.8) is 0 Å². The number of hydrogen-bond donors (Lipinski definition) is 1. The third-order valence-electron chi connectivity index (χ3n) is 4.06. The molecule has 1 aromatic rings. The van der Waals surface area contributed by atoms with Crippen molar-refractivity contribution in [2.45, 2.75) is 38.1 Å². The van der Waals surface area contributed by atoms with Gasteiger partial charge in [-0.3, -0.25) is 4.79 Å².